The number of nitrogens with zero attached hydrogens (tertiary/aromatic N) is 4. The smallest absolute Gasteiger partial charge is 0.249 e. The fourth-order valence-electron chi connectivity index (χ4n) is 2.34. The number of sulfone groups is 1. The van der Waals surface area contributed by atoms with Gasteiger partial charge >= 0.3 is 0 Å². The van der Waals surface area contributed by atoms with Crippen LogP contribution in [0.15, 0.2) is 46.2 Å². The molecule has 0 bridgehead atoms. The summed E-state index contributed by atoms with van der Waals surface area (Å²) in [6.45, 7) is 2.41. The van der Waals surface area contributed by atoms with Crippen LogP contribution in [0, 0.1) is 6.92 Å². The van der Waals surface area contributed by atoms with Gasteiger partial charge in [-0.3, -0.25) is 0 Å². The van der Waals surface area contributed by atoms with Gasteiger partial charge in [-0.2, -0.15) is 0 Å². The van der Waals surface area contributed by atoms with E-state index in [1.165, 1.54) is 10.9 Å². The third kappa shape index (κ3) is 3.77. The van der Waals surface area contributed by atoms with Crippen molar-refractivity contribution in [1.82, 2.24) is 19.7 Å². The fraction of sp³-hybridized carbons (Fsp3) is 0.312. The van der Waals surface area contributed by atoms with Crippen molar-refractivity contribution in [1.29, 1.82) is 0 Å². The molecule has 0 amide bonds. The summed E-state index contributed by atoms with van der Waals surface area (Å²) < 4.78 is 37.4. The molecule has 3 rings (SSSR count). The van der Waals surface area contributed by atoms with Crippen molar-refractivity contribution in [3.63, 3.8) is 0 Å². The van der Waals surface area contributed by atoms with Crippen molar-refractivity contribution in [2.45, 2.75) is 24.4 Å². The molecule has 8 nitrogen and oxygen atoms in total. The Labute approximate surface area is 145 Å². The van der Waals surface area contributed by atoms with E-state index in [0.717, 1.165) is 5.56 Å². The molecular weight excluding hydrogens is 344 g/mol. The molecule has 0 aliphatic carbocycles. The molecule has 132 valence electrons. The van der Waals surface area contributed by atoms with E-state index in [9.17, 15) is 8.42 Å². The van der Waals surface area contributed by atoms with Crippen molar-refractivity contribution >= 4 is 9.84 Å². The molecule has 0 saturated heterocycles. The van der Waals surface area contributed by atoms with Crippen LogP contribution in [0.4, 0.5) is 0 Å². The number of oxazole rings is 1. The molecule has 1 aromatic carbocycles. The van der Waals surface area contributed by atoms with Crippen molar-refractivity contribution in [2.24, 2.45) is 0 Å². The van der Waals surface area contributed by atoms with Crippen LogP contribution in [0.1, 0.15) is 11.5 Å². The van der Waals surface area contributed by atoms with Gasteiger partial charge < -0.3 is 13.7 Å². The minimum atomic E-state index is -3.71. The molecule has 0 saturated carbocycles. The Kier molecular flexibility index (Phi) is 4.95. The van der Waals surface area contributed by atoms with Crippen LogP contribution in [0.3, 0.4) is 0 Å². The van der Waals surface area contributed by atoms with Crippen LogP contribution in [0.2, 0.25) is 0 Å². The third-order valence-electron chi connectivity index (χ3n) is 3.63. The zero-order valence-electron chi connectivity index (χ0n) is 13.9. The number of hydrogen-bond acceptors (Lipinski definition) is 7. The highest BCUT2D eigenvalue weighted by Gasteiger charge is 2.25. The zero-order valence-corrected chi connectivity index (χ0v) is 14.7. The van der Waals surface area contributed by atoms with E-state index in [1.54, 1.807) is 14.0 Å². The lowest BCUT2D eigenvalue weighted by Crippen LogP contribution is -2.15. The number of methoxy groups -OCH3 is 1. The molecule has 2 aromatic heterocycles. The van der Waals surface area contributed by atoms with E-state index in [0.29, 0.717) is 30.5 Å². The lowest BCUT2D eigenvalue weighted by Gasteiger charge is -2.06. The molecule has 0 N–H and O–H groups in total. The normalized spacial score (nSPS) is 11.8. The molecule has 0 aliphatic rings. The summed E-state index contributed by atoms with van der Waals surface area (Å²) in [7, 11) is -2.17. The van der Waals surface area contributed by atoms with E-state index in [4.69, 9.17) is 9.15 Å². The van der Waals surface area contributed by atoms with E-state index in [1.807, 2.05) is 30.3 Å². The molecule has 0 aliphatic heterocycles. The van der Waals surface area contributed by atoms with E-state index in [-0.39, 0.29) is 10.9 Å². The summed E-state index contributed by atoms with van der Waals surface area (Å²) in [6.07, 6.45) is 1.37. The molecule has 0 atom stereocenters. The maximum atomic E-state index is 12.7. The predicted octanol–water partition coefficient (Wildman–Crippen LogP) is 1.86. The monoisotopic (exact) mass is 362 g/mol. The van der Waals surface area contributed by atoms with Gasteiger partial charge in [0.25, 0.3) is 0 Å². The van der Waals surface area contributed by atoms with Crippen LogP contribution in [-0.2, 0) is 26.9 Å². The van der Waals surface area contributed by atoms with Crippen LogP contribution in [0.25, 0.3) is 11.5 Å². The second kappa shape index (κ2) is 7.16. The van der Waals surface area contributed by atoms with Crippen molar-refractivity contribution < 1.29 is 17.6 Å². The second-order valence-electron chi connectivity index (χ2n) is 5.45. The Bertz CT molecular complexity index is 948. The molecule has 3 aromatic rings. The Morgan fingerprint density at radius 3 is 2.72 bits per heavy atom. The number of benzene rings is 1. The van der Waals surface area contributed by atoms with Crippen molar-refractivity contribution in [2.75, 3.05) is 13.7 Å². The van der Waals surface area contributed by atoms with Crippen LogP contribution in [0.5, 0.6) is 0 Å². The fourth-order valence-corrected chi connectivity index (χ4v) is 3.76. The first-order valence-electron chi connectivity index (χ1n) is 7.62. The summed E-state index contributed by atoms with van der Waals surface area (Å²) in [5, 5.41) is 7.33. The molecule has 9 heteroatoms. The van der Waals surface area contributed by atoms with Gasteiger partial charge in [0, 0.05) is 19.2 Å². The largest absolute Gasteiger partial charge is 0.441 e. The van der Waals surface area contributed by atoms with Gasteiger partial charge in [-0.05, 0) is 19.1 Å². The van der Waals surface area contributed by atoms with Gasteiger partial charge in [-0.15, -0.1) is 10.2 Å². The Hall–Kier alpha value is -2.52. The van der Waals surface area contributed by atoms with E-state index >= 15 is 0 Å². The zero-order chi connectivity index (χ0) is 17.9. The van der Waals surface area contributed by atoms with Gasteiger partial charge in [0.15, 0.2) is 0 Å². The predicted molar refractivity (Wildman–Crippen MR) is 89.5 cm³/mol. The van der Waals surface area contributed by atoms with Crippen molar-refractivity contribution in [3.8, 4) is 11.5 Å². The highest BCUT2D eigenvalue weighted by molar-refractivity contribution is 7.90. The summed E-state index contributed by atoms with van der Waals surface area (Å²) in [6, 6.07) is 9.32. The molecule has 2 heterocycles. The van der Waals surface area contributed by atoms with E-state index < -0.39 is 9.84 Å². The minimum Gasteiger partial charge on any atom is -0.441 e. The number of ether oxygens (including phenoxy) is 1. The second-order valence-corrected chi connectivity index (χ2v) is 7.33. The quantitative estimate of drug-likeness (QED) is 0.632. The summed E-state index contributed by atoms with van der Waals surface area (Å²) in [5.41, 5.74) is 1.15. The summed E-state index contributed by atoms with van der Waals surface area (Å²) in [5.74, 6) is 0.551. The minimum absolute atomic E-state index is 0.104. The average Bonchev–Trinajstić information content (AvgIpc) is 3.21. The first kappa shape index (κ1) is 17.3. The number of aromatic nitrogens is 4. The maximum Gasteiger partial charge on any atom is 0.249 e. The Balaban J connectivity index is 1.87. The number of aryl methyl sites for hydroxylation is 1. The molecule has 0 fully saturated rings. The first-order chi connectivity index (χ1) is 12.0. The molecule has 0 radical (unpaired) electrons. The van der Waals surface area contributed by atoms with Crippen molar-refractivity contribution in [3.05, 3.63) is 48.1 Å². The lowest BCUT2D eigenvalue weighted by atomic mass is 10.2. The van der Waals surface area contributed by atoms with Gasteiger partial charge in [0.2, 0.25) is 20.9 Å². The van der Waals surface area contributed by atoms with Crippen LogP contribution in [-0.4, -0.2) is 41.9 Å². The first-order valence-corrected chi connectivity index (χ1v) is 9.27. The molecule has 25 heavy (non-hydrogen) atoms. The van der Waals surface area contributed by atoms with Gasteiger partial charge in [0.1, 0.15) is 17.8 Å². The standard InChI is InChI=1S/C16H18N4O4S/c1-12-14(18-15(24-12)13-6-4-3-5-7-13)10-25(21,22)16-19-17-11-20(16)8-9-23-2/h3-7,11H,8-10H2,1-2H3. The highest BCUT2D eigenvalue weighted by Crippen LogP contribution is 2.24. The highest BCUT2D eigenvalue weighted by atomic mass is 32.2. The average molecular weight is 362 g/mol. The molecule has 0 spiro atoms. The maximum absolute atomic E-state index is 12.7. The molecule has 0 unspecified atom stereocenters. The van der Waals surface area contributed by atoms with Gasteiger partial charge in [-0.25, -0.2) is 13.4 Å². The Morgan fingerprint density at radius 1 is 1.24 bits per heavy atom. The summed E-state index contributed by atoms with van der Waals surface area (Å²) in [4.78, 5) is 4.34. The SMILES string of the molecule is COCCn1cnnc1S(=O)(=O)Cc1nc(-c2ccccc2)oc1C. The lowest BCUT2D eigenvalue weighted by molar-refractivity contribution is 0.184. The van der Waals surface area contributed by atoms with Gasteiger partial charge in [-0.1, -0.05) is 18.2 Å². The third-order valence-corrected chi connectivity index (χ3v) is 5.16. The summed E-state index contributed by atoms with van der Waals surface area (Å²) >= 11 is 0. The number of hydrogen-bond donors (Lipinski definition) is 0. The van der Waals surface area contributed by atoms with E-state index in [2.05, 4.69) is 15.2 Å². The number of rotatable bonds is 7. The Morgan fingerprint density at radius 2 is 2.00 bits per heavy atom. The van der Waals surface area contributed by atoms with Crippen LogP contribution >= 0.6 is 0 Å². The van der Waals surface area contributed by atoms with Crippen LogP contribution < -0.4 is 0 Å². The molecular formula is C16H18N4O4S. The topological polar surface area (TPSA) is 100 Å². The van der Waals surface area contributed by atoms with Gasteiger partial charge in [0.05, 0.1) is 12.3 Å².